The van der Waals surface area contributed by atoms with Gasteiger partial charge >= 0.3 is 6.09 Å². The first kappa shape index (κ1) is 20.2. The first-order valence-electron chi connectivity index (χ1n) is 8.82. The summed E-state index contributed by atoms with van der Waals surface area (Å²) < 4.78 is 10.9. The summed E-state index contributed by atoms with van der Waals surface area (Å²) in [7, 11) is 0. The van der Waals surface area contributed by atoms with E-state index in [0.29, 0.717) is 13.0 Å². The lowest BCUT2D eigenvalue weighted by Crippen LogP contribution is -2.51. The minimum absolute atomic E-state index is 0.0371. The number of nitrogens with zero attached hydrogens (tertiary/aromatic N) is 1. The lowest BCUT2D eigenvalue weighted by atomic mass is 10.2. The SMILES string of the molecule is CC(C)(C)OC[C@H](NC(=O)OCc1ccccc1)C(=O)N1CC[C@H](O)C1. The van der Waals surface area contributed by atoms with E-state index in [1.807, 2.05) is 51.1 Å². The quantitative estimate of drug-likeness (QED) is 0.802. The molecule has 1 aliphatic heterocycles. The van der Waals surface area contributed by atoms with Crippen molar-refractivity contribution in [2.24, 2.45) is 0 Å². The van der Waals surface area contributed by atoms with Crippen LogP contribution in [0.1, 0.15) is 32.8 Å². The molecule has 0 spiro atoms. The van der Waals surface area contributed by atoms with E-state index in [4.69, 9.17) is 9.47 Å². The maximum absolute atomic E-state index is 12.7. The molecule has 7 nitrogen and oxygen atoms in total. The molecule has 1 heterocycles. The number of aliphatic hydroxyl groups is 1. The molecule has 0 unspecified atom stereocenters. The van der Waals surface area contributed by atoms with Crippen molar-refractivity contribution in [3.8, 4) is 0 Å². The summed E-state index contributed by atoms with van der Waals surface area (Å²) >= 11 is 0. The molecule has 2 N–H and O–H groups in total. The number of alkyl carbamates (subject to hydrolysis) is 1. The highest BCUT2D eigenvalue weighted by atomic mass is 16.5. The molecule has 144 valence electrons. The predicted octanol–water partition coefficient (Wildman–Crippen LogP) is 1.69. The summed E-state index contributed by atoms with van der Waals surface area (Å²) in [6.07, 6.45) is -0.658. The predicted molar refractivity (Wildman–Crippen MR) is 96.5 cm³/mol. The van der Waals surface area contributed by atoms with Gasteiger partial charge in [-0.15, -0.1) is 0 Å². The van der Waals surface area contributed by atoms with E-state index in [1.165, 1.54) is 0 Å². The highest BCUT2D eigenvalue weighted by Crippen LogP contribution is 2.13. The lowest BCUT2D eigenvalue weighted by molar-refractivity contribution is -0.135. The number of aliphatic hydroxyl groups excluding tert-OH is 1. The maximum atomic E-state index is 12.7. The number of carbonyl (C=O) groups is 2. The Kier molecular flexibility index (Phi) is 6.99. The van der Waals surface area contributed by atoms with Crippen molar-refractivity contribution in [1.29, 1.82) is 0 Å². The molecule has 2 rings (SSSR count). The number of nitrogens with one attached hydrogen (secondary N) is 1. The van der Waals surface area contributed by atoms with Crippen LogP contribution in [0.15, 0.2) is 30.3 Å². The van der Waals surface area contributed by atoms with Crippen molar-refractivity contribution < 1.29 is 24.2 Å². The molecule has 26 heavy (non-hydrogen) atoms. The molecule has 0 radical (unpaired) electrons. The number of carbonyl (C=O) groups excluding carboxylic acids is 2. The van der Waals surface area contributed by atoms with Gasteiger partial charge in [0.15, 0.2) is 0 Å². The van der Waals surface area contributed by atoms with Crippen molar-refractivity contribution in [2.45, 2.75) is 51.5 Å². The molecule has 1 aromatic carbocycles. The van der Waals surface area contributed by atoms with Gasteiger partial charge < -0.3 is 24.8 Å². The molecule has 1 aliphatic rings. The monoisotopic (exact) mass is 364 g/mol. The third kappa shape index (κ3) is 6.65. The maximum Gasteiger partial charge on any atom is 0.408 e. The minimum atomic E-state index is -0.859. The van der Waals surface area contributed by atoms with Gasteiger partial charge in [-0.25, -0.2) is 4.79 Å². The Labute approximate surface area is 154 Å². The molecular formula is C19H28N2O5. The van der Waals surface area contributed by atoms with E-state index in [9.17, 15) is 14.7 Å². The summed E-state index contributed by atoms with van der Waals surface area (Å²) in [5, 5.41) is 12.2. The molecule has 0 aliphatic carbocycles. The van der Waals surface area contributed by atoms with Gasteiger partial charge in [-0.05, 0) is 32.8 Å². The Morgan fingerprint density at radius 2 is 2.00 bits per heavy atom. The summed E-state index contributed by atoms with van der Waals surface area (Å²) in [5.74, 6) is -0.275. The molecule has 1 saturated heterocycles. The van der Waals surface area contributed by atoms with E-state index in [-0.39, 0.29) is 25.7 Å². The van der Waals surface area contributed by atoms with Gasteiger partial charge in [0.25, 0.3) is 0 Å². The molecule has 2 atom stereocenters. The van der Waals surface area contributed by atoms with E-state index in [1.54, 1.807) is 4.90 Å². The molecule has 7 heteroatoms. The zero-order chi connectivity index (χ0) is 19.2. The van der Waals surface area contributed by atoms with Crippen LogP contribution in [0.4, 0.5) is 4.79 Å². The van der Waals surface area contributed by atoms with Gasteiger partial charge in [0.1, 0.15) is 12.6 Å². The topological polar surface area (TPSA) is 88.1 Å². The second kappa shape index (κ2) is 9.00. The van der Waals surface area contributed by atoms with Crippen LogP contribution in [0.25, 0.3) is 0 Å². The van der Waals surface area contributed by atoms with E-state index in [2.05, 4.69) is 5.32 Å². The van der Waals surface area contributed by atoms with Crippen molar-refractivity contribution in [2.75, 3.05) is 19.7 Å². The fourth-order valence-corrected chi connectivity index (χ4v) is 2.58. The van der Waals surface area contributed by atoms with Crippen LogP contribution in [0.3, 0.4) is 0 Å². The van der Waals surface area contributed by atoms with Crippen LogP contribution in [-0.2, 0) is 20.9 Å². The molecule has 0 aromatic heterocycles. The number of hydrogen-bond acceptors (Lipinski definition) is 5. The summed E-state index contributed by atoms with van der Waals surface area (Å²) in [6.45, 7) is 6.52. The Morgan fingerprint density at radius 1 is 1.31 bits per heavy atom. The number of ether oxygens (including phenoxy) is 2. The lowest BCUT2D eigenvalue weighted by Gasteiger charge is -2.27. The van der Waals surface area contributed by atoms with Gasteiger partial charge in [0.05, 0.1) is 18.3 Å². The first-order chi connectivity index (χ1) is 12.2. The molecule has 1 aromatic rings. The van der Waals surface area contributed by atoms with E-state index < -0.39 is 23.8 Å². The summed E-state index contributed by atoms with van der Waals surface area (Å²) in [4.78, 5) is 26.3. The Morgan fingerprint density at radius 3 is 2.58 bits per heavy atom. The van der Waals surface area contributed by atoms with Crippen LogP contribution in [0.2, 0.25) is 0 Å². The van der Waals surface area contributed by atoms with Gasteiger partial charge in [-0.3, -0.25) is 4.79 Å². The highest BCUT2D eigenvalue weighted by molar-refractivity contribution is 5.86. The van der Waals surface area contributed by atoms with Gasteiger partial charge in [0.2, 0.25) is 5.91 Å². The number of β-amino-alcohol motifs (C(OH)–C–C–N with tert-alkyl or cyclic N) is 1. The second-order valence-corrected chi connectivity index (χ2v) is 7.41. The number of amides is 2. The first-order valence-corrected chi connectivity index (χ1v) is 8.82. The molecule has 0 saturated carbocycles. The fourth-order valence-electron chi connectivity index (χ4n) is 2.58. The van der Waals surface area contributed by atoms with Gasteiger partial charge in [0, 0.05) is 13.1 Å². The zero-order valence-corrected chi connectivity index (χ0v) is 15.6. The molecular weight excluding hydrogens is 336 g/mol. The zero-order valence-electron chi connectivity index (χ0n) is 15.6. The molecule has 1 fully saturated rings. The smallest absolute Gasteiger partial charge is 0.408 e. The standard InChI is InChI=1S/C19H28N2O5/c1-19(2,3)26-13-16(17(23)21-10-9-15(22)11-21)20-18(24)25-12-14-7-5-4-6-8-14/h4-8,15-16,22H,9-13H2,1-3H3,(H,20,24)/t15-,16-/m0/s1. The van der Waals surface area contributed by atoms with Gasteiger partial charge in [-0.2, -0.15) is 0 Å². The molecule has 0 bridgehead atoms. The average molecular weight is 364 g/mol. The van der Waals surface area contributed by atoms with Crippen LogP contribution < -0.4 is 5.32 Å². The van der Waals surface area contributed by atoms with Crippen LogP contribution in [0.5, 0.6) is 0 Å². The Balaban J connectivity index is 1.93. The largest absolute Gasteiger partial charge is 0.445 e. The van der Waals surface area contributed by atoms with Crippen molar-refractivity contribution >= 4 is 12.0 Å². The van der Waals surface area contributed by atoms with Gasteiger partial charge in [-0.1, -0.05) is 30.3 Å². The van der Waals surface area contributed by atoms with Crippen molar-refractivity contribution in [3.63, 3.8) is 0 Å². The second-order valence-electron chi connectivity index (χ2n) is 7.41. The average Bonchev–Trinajstić information content (AvgIpc) is 3.02. The van der Waals surface area contributed by atoms with Crippen LogP contribution in [0, 0.1) is 0 Å². The van der Waals surface area contributed by atoms with Crippen molar-refractivity contribution in [3.05, 3.63) is 35.9 Å². The fraction of sp³-hybridized carbons (Fsp3) is 0.579. The van der Waals surface area contributed by atoms with Crippen LogP contribution >= 0.6 is 0 Å². The van der Waals surface area contributed by atoms with E-state index >= 15 is 0 Å². The molecule has 2 amide bonds. The number of hydrogen-bond donors (Lipinski definition) is 2. The van der Waals surface area contributed by atoms with E-state index in [0.717, 1.165) is 5.56 Å². The normalized spacial score (nSPS) is 18.5. The minimum Gasteiger partial charge on any atom is -0.445 e. The summed E-state index contributed by atoms with van der Waals surface area (Å²) in [6, 6.07) is 8.45. The third-order valence-corrected chi connectivity index (χ3v) is 3.96. The van der Waals surface area contributed by atoms with Crippen molar-refractivity contribution in [1.82, 2.24) is 10.2 Å². The Bertz CT molecular complexity index is 600. The number of rotatable bonds is 6. The highest BCUT2D eigenvalue weighted by Gasteiger charge is 2.32. The van der Waals surface area contributed by atoms with Crippen LogP contribution in [-0.4, -0.2) is 59.5 Å². The summed E-state index contributed by atoms with van der Waals surface area (Å²) in [5.41, 5.74) is 0.415. The number of benzene rings is 1. The Hall–Kier alpha value is -2.12. The third-order valence-electron chi connectivity index (χ3n) is 3.96. The number of likely N-dealkylation sites (tertiary alicyclic amines) is 1.